The first-order valence-electron chi connectivity index (χ1n) is 9.27. The lowest BCUT2D eigenvalue weighted by molar-refractivity contribution is 0.0418. The summed E-state index contributed by atoms with van der Waals surface area (Å²) >= 11 is 6.03. The Morgan fingerprint density at radius 3 is 2.61 bits per heavy atom. The van der Waals surface area contributed by atoms with Gasteiger partial charge in [0.05, 0.1) is 5.54 Å². The number of carbonyl (C=O) groups excluding carboxylic acids is 1. The lowest BCUT2D eigenvalue weighted by Crippen LogP contribution is -2.50. The van der Waals surface area contributed by atoms with Crippen molar-refractivity contribution in [3.63, 3.8) is 0 Å². The van der Waals surface area contributed by atoms with E-state index in [2.05, 4.69) is 17.2 Å². The average Bonchev–Trinajstić information content (AvgIpc) is 2.68. The molecule has 1 saturated heterocycles. The fourth-order valence-electron chi connectivity index (χ4n) is 3.22. The quantitative estimate of drug-likeness (QED) is 0.661. The third-order valence-electron chi connectivity index (χ3n) is 4.67. The van der Waals surface area contributed by atoms with E-state index in [-0.39, 0.29) is 6.03 Å². The van der Waals surface area contributed by atoms with Crippen LogP contribution in [-0.2, 0) is 10.3 Å². The molecule has 1 fully saturated rings. The molecule has 2 aromatic rings. The number of anilines is 1. The van der Waals surface area contributed by atoms with Crippen molar-refractivity contribution in [1.29, 1.82) is 0 Å². The van der Waals surface area contributed by atoms with E-state index in [4.69, 9.17) is 21.1 Å². The maximum atomic E-state index is 12.8. The Morgan fingerprint density at radius 2 is 1.93 bits per heavy atom. The zero-order valence-corrected chi connectivity index (χ0v) is 16.7. The van der Waals surface area contributed by atoms with Crippen molar-refractivity contribution in [1.82, 2.24) is 5.32 Å². The van der Waals surface area contributed by atoms with Crippen molar-refractivity contribution in [3.8, 4) is 5.75 Å². The molecule has 2 aromatic carbocycles. The van der Waals surface area contributed by atoms with Gasteiger partial charge in [-0.25, -0.2) is 4.79 Å². The fourth-order valence-corrected chi connectivity index (χ4v) is 3.35. The molecule has 0 unspecified atom stereocenters. The summed E-state index contributed by atoms with van der Waals surface area (Å²) in [7, 11) is 0. The largest absolute Gasteiger partial charge is 0.489 e. The number of nitrogens with one attached hydrogen (secondary N) is 2. The highest BCUT2D eigenvalue weighted by Gasteiger charge is 2.36. The highest BCUT2D eigenvalue weighted by molar-refractivity contribution is 6.30. The molecule has 148 valence electrons. The summed E-state index contributed by atoms with van der Waals surface area (Å²) in [5.41, 5.74) is 2.13. The van der Waals surface area contributed by atoms with Gasteiger partial charge < -0.3 is 20.1 Å². The summed E-state index contributed by atoms with van der Waals surface area (Å²) in [5, 5.41) is 6.73. The lowest BCUT2D eigenvalue weighted by Gasteiger charge is -2.38. The number of urea groups is 1. The van der Waals surface area contributed by atoms with Crippen molar-refractivity contribution in [2.75, 3.05) is 25.1 Å². The Labute approximate surface area is 170 Å². The van der Waals surface area contributed by atoms with Crippen LogP contribution in [0.25, 0.3) is 0 Å². The minimum absolute atomic E-state index is 0.270. The molecule has 0 saturated carbocycles. The van der Waals surface area contributed by atoms with Crippen LogP contribution in [0.3, 0.4) is 0 Å². The van der Waals surface area contributed by atoms with E-state index >= 15 is 0 Å². The van der Waals surface area contributed by atoms with Gasteiger partial charge in [-0.3, -0.25) is 0 Å². The molecule has 0 aliphatic carbocycles. The minimum Gasteiger partial charge on any atom is -0.489 e. The maximum absolute atomic E-state index is 12.8. The summed E-state index contributed by atoms with van der Waals surface area (Å²) in [4.78, 5) is 12.8. The van der Waals surface area contributed by atoms with E-state index in [0.717, 1.165) is 11.1 Å². The molecule has 1 aliphatic rings. The zero-order chi connectivity index (χ0) is 20.0. The van der Waals surface area contributed by atoms with Crippen LogP contribution in [0.15, 0.2) is 60.7 Å². The number of halogens is 1. The standard InChI is InChI=1S/C22H25ClN2O3/c1-16(2)15-28-20-5-3-4-19(14-20)24-21(26)25-22(10-12-27-13-11-22)17-6-8-18(23)9-7-17/h3-9,14H,1,10-13,15H2,2H3,(H2,24,25,26). The van der Waals surface area contributed by atoms with Crippen LogP contribution in [0.4, 0.5) is 10.5 Å². The van der Waals surface area contributed by atoms with Gasteiger partial charge in [0.2, 0.25) is 0 Å². The Bertz CT molecular complexity index is 830. The minimum atomic E-state index is -0.485. The van der Waals surface area contributed by atoms with E-state index < -0.39 is 5.54 Å². The second-order valence-electron chi connectivity index (χ2n) is 7.05. The molecule has 0 aromatic heterocycles. The molecule has 0 spiro atoms. The topological polar surface area (TPSA) is 59.6 Å². The van der Waals surface area contributed by atoms with Crippen molar-refractivity contribution in [2.24, 2.45) is 0 Å². The van der Waals surface area contributed by atoms with Gasteiger partial charge in [0.15, 0.2) is 0 Å². The smallest absolute Gasteiger partial charge is 0.319 e. The number of benzene rings is 2. The number of amides is 2. The first-order valence-corrected chi connectivity index (χ1v) is 9.65. The van der Waals surface area contributed by atoms with Gasteiger partial charge in [0, 0.05) is 30.0 Å². The van der Waals surface area contributed by atoms with E-state index in [1.54, 1.807) is 6.07 Å². The Hall–Kier alpha value is -2.50. The SMILES string of the molecule is C=C(C)COc1cccc(NC(=O)NC2(c3ccc(Cl)cc3)CCOCC2)c1. The average molecular weight is 401 g/mol. The number of ether oxygens (including phenoxy) is 2. The maximum Gasteiger partial charge on any atom is 0.319 e. The molecule has 0 radical (unpaired) electrons. The van der Waals surface area contributed by atoms with Gasteiger partial charge in [-0.05, 0) is 55.2 Å². The number of carbonyl (C=O) groups is 1. The fraction of sp³-hybridized carbons (Fsp3) is 0.318. The van der Waals surface area contributed by atoms with Crippen LogP contribution >= 0.6 is 11.6 Å². The van der Waals surface area contributed by atoms with E-state index in [1.165, 1.54) is 0 Å². The Morgan fingerprint density at radius 1 is 1.21 bits per heavy atom. The summed E-state index contributed by atoms with van der Waals surface area (Å²) in [6.07, 6.45) is 1.40. The first-order chi connectivity index (χ1) is 13.5. The van der Waals surface area contributed by atoms with Crippen LogP contribution < -0.4 is 15.4 Å². The molecule has 3 rings (SSSR count). The van der Waals surface area contributed by atoms with Crippen molar-refractivity contribution in [3.05, 3.63) is 71.3 Å². The van der Waals surface area contributed by atoms with Crippen LogP contribution in [0.1, 0.15) is 25.3 Å². The van der Waals surface area contributed by atoms with Crippen LogP contribution in [-0.4, -0.2) is 25.9 Å². The first kappa shape index (κ1) is 20.2. The monoisotopic (exact) mass is 400 g/mol. The molecule has 1 heterocycles. The Balaban J connectivity index is 1.71. The lowest BCUT2D eigenvalue weighted by atomic mass is 9.83. The van der Waals surface area contributed by atoms with E-state index in [9.17, 15) is 4.79 Å². The molecule has 2 amide bonds. The molecule has 1 aliphatic heterocycles. The summed E-state index contributed by atoms with van der Waals surface area (Å²) in [5.74, 6) is 0.680. The van der Waals surface area contributed by atoms with Gasteiger partial charge in [-0.15, -0.1) is 0 Å². The summed E-state index contributed by atoms with van der Waals surface area (Å²) in [6, 6.07) is 14.6. The van der Waals surface area contributed by atoms with Gasteiger partial charge in [-0.2, -0.15) is 0 Å². The second kappa shape index (κ2) is 9.13. The van der Waals surface area contributed by atoms with Crippen LogP contribution in [0, 0.1) is 0 Å². The third kappa shape index (κ3) is 5.27. The number of rotatable bonds is 6. The van der Waals surface area contributed by atoms with E-state index in [1.807, 2.05) is 49.4 Å². The highest BCUT2D eigenvalue weighted by Crippen LogP contribution is 2.33. The van der Waals surface area contributed by atoms with Crippen LogP contribution in [0.5, 0.6) is 5.75 Å². The predicted molar refractivity (Wildman–Crippen MR) is 112 cm³/mol. The zero-order valence-electron chi connectivity index (χ0n) is 16.0. The summed E-state index contributed by atoms with van der Waals surface area (Å²) < 4.78 is 11.2. The van der Waals surface area contributed by atoms with Crippen LogP contribution in [0.2, 0.25) is 5.02 Å². The van der Waals surface area contributed by atoms with Gasteiger partial charge in [-0.1, -0.05) is 36.4 Å². The van der Waals surface area contributed by atoms with Crippen molar-refractivity contribution in [2.45, 2.75) is 25.3 Å². The number of hydrogen-bond donors (Lipinski definition) is 2. The number of hydrogen-bond acceptors (Lipinski definition) is 3. The van der Waals surface area contributed by atoms with Gasteiger partial charge in [0.25, 0.3) is 0 Å². The molecular formula is C22H25ClN2O3. The third-order valence-corrected chi connectivity index (χ3v) is 4.93. The van der Waals surface area contributed by atoms with Gasteiger partial charge >= 0.3 is 6.03 Å². The molecule has 6 heteroatoms. The normalized spacial score (nSPS) is 15.5. The molecule has 5 nitrogen and oxygen atoms in total. The van der Waals surface area contributed by atoms with Crippen molar-refractivity contribution >= 4 is 23.3 Å². The molecule has 2 N–H and O–H groups in total. The highest BCUT2D eigenvalue weighted by atomic mass is 35.5. The molecule has 0 bridgehead atoms. The van der Waals surface area contributed by atoms with E-state index in [0.29, 0.717) is 49.1 Å². The summed E-state index contributed by atoms with van der Waals surface area (Å²) in [6.45, 7) is 7.35. The second-order valence-corrected chi connectivity index (χ2v) is 7.49. The van der Waals surface area contributed by atoms with Crippen molar-refractivity contribution < 1.29 is 14.3 Å². The molecule has 0 atom stereocenters. The van der Waals surface area contributed by atoms with Gasteiger partial charge in [0.1, 0.15) is 12.4 Å². The molecular weight excluding hydrogens is 376 g/mol. The molecule has 28 heavy (non-hydrogen) atoms. The Kier molecular flexibility index (Phi) is 6.60. The predicted octanol–water partition coefficient (Wildman–Crippen LogP) is 5.12.